The van der Waals surface area contributed by atoms with Gasteiger partial charge in [0, 0.05) is 21.1 Å². The summed E-state index contributed by atoms with van der Waals surface area (Å²) >= 11 is 3.45. The maximum atomic E-state index is 12.6. The quantitative estimate of drug-likeness (QED) is 0.470. The molecule has 0 fully saturated rings. The lowest BCUT2D eigenvalue weighted by Gasteiger charge is -2.05. The van der Waals surface area contributed by atoms with E-state index in [1.165, 1.54) is 0 Å². The monoisotopic (exact) mass is 379 g/mol. The van der Waals surface area contributed by atoms with Gasteiger partial charge in [0.1, 0.15) is 5.58 Å². The second kappa shape index (κ2) is 5.80. The molecule has 0 radical (unpaired) electrons. The molecule has 0 saturated carbocycles. The normalized spacial score (nSPS) is 11.1. The van der Waals surface area contributed by atoms with Crippen LogP contribution in [0.25, 0.3) is 21.7 Å². The molecular formula is C20H14BrNO2. The van der Waals surface area contributed by atoms with E-state index < -0.39 is 0 Å². The summed E-state index contributed by atoms with van der Waals surface area (Å²) in [5, 5.41) is 6.08. The Labute approximate surface area is 147 Å². The zero-order valence-electron chi connectivity index (χ0n) is 13.0. The van der Waals surface area contributed by atoms with Crippen LogP contribution in [-0.2, 0) is 0 Å². The molecular weight excluding hydrogens is 366 g/mol. The maximum absolute atomic E-state index is 12.6. The minimum atomic E-state index is -0.241. The number of anilines is 1. The number of hydrogen-bond donors (Lipinski definition) is 1. The molecule has 0 atom stereocenters. The Hall–Kier alpha value is -2.59. The summed E-state index contributed by atoms with van der Waals surface area (Å²) in [4.78, 5) is 12.6. The van der Waals surface area contributed by atoms with Crippen LogP contribution in [0.4, 0.5) is 5.69 Å². The van der Waals surface area contributed by atoms with Gasteiger partial charge in [0.25, 0.3) is 5.91 Å². The van der Waals surface area contributed by atoms with Crippen LogP contribution in [-0.4, -0.2) is 5.91 Å². The van der Waals surface area contributed by atoms with Gasteiger partial charge in [0.05, 0.1) is 0 Å². The molecule has 0 saturated heterocycles. The molecule has 4 aromatic rings. The molecule has 3 aromatic carbocycles. The molecule has 118 valence electrons. The summed E-state index contributed by atoms with van der Waals surface area (Å²) in [6.45, 7) is 1.90. The van der Waals surface area contributed by atoms with Crippen molar-refractivity contribution in [2.24, 2.45) is 0 Å². The maximum Gasteiger partial charge on any atom is 0.291 e. The van der Waals surface area contributed by atoms with Crippen LogP contribution in [0.2, 0.25) is 0 Å². The van der Waals surface area contributed by atoms with E-state index >= 15 is 0 Å². The van der Waals surface area contributed by atoms with E-state index in [1.807, 2.05) is 67.6 Å². The number of aryl methyl sites for hydroxylation is 1. The van der Waals surface area contributed by atoms with Crippen LogP contribution in [0.1, 0.15) is 16.1 Å². The van der Waals surface area contributed by atoms with Gasteiger partial charge < -0.3 is 9.73 Å². The van der Waals surface area contributed by atoms with Gasteiger partial charge in [0.15, 0.2) is 5.76 Å². The van der Waals surface area contributed by atoms with Gasteiger partial charge in [-0.25, -0.2) is 0 Å². The van der Waals surface area contributed by atoms with E-state index in [1.54, 1.807) is 0 Å². The molecule has 24 heavy (non-hydrogen) atoms. The fraction of sp³-hybridized carbons (Fsp3) is 0.0500. The van der Waals surface area contributed by atoms with Crippen molar-refractivity contribution < 1.29 is 9.21 Å². The number of rotatable bonds is 2. The summed E-state index contributed by atoms with van der Waals surface area (Å²) in [5.41, 5.74) is 2.30. The average molecular weight is 380 g/mol. The Bertz CT molecular complexity index is 1080. The molecule has 0 bridgehead atoms. The first-order chi connectivity index (χ1) is 11.6. The van der Waals surface area contributed by atoms with Crippen LogP contribution in [0.5, 0.6) is 0 Å². The van der Waals surface area contributed by atoms with Crippen molar-refractivity contribution in [1.82, 2.24) is 0 Å². The Morgan fingerprint density at radius 3 is 2.62 bits per heavy atom. The molecule has 0 aliphatic carbocycles. The van der Waals surface area contributed by atoms with Gasteiger partial charge in [0.2, 0.25) is 0 Å². The predicted octanol–water partition coefficient (Wildman–Crippen LogP) is 5.91. The van der Waals surface area contributed by atoms with E-state index in [0.29, 0.717) is 11.3 Å². The molecule has 4 heteroatoms. The second-order valence-electron chi connectivity index (χ2n) is 5.71. The van der Waals surface area contributed by atoms with Crippen molar-refractivity contribution in [3.05, 3.63) is 76.5 Å². The summed E-state index contributed by atoms with van der Waals surface area (Å²) in [5.74, 6) is 0.103. The molecule has 0 aliphatic heterocycles. The summed E-state index contributed by atoms with van der Waals surface area (Å²) in [6.07, 6.45) is 0. The zero-order valence-corrected chi connectivity index (χ0v) is 14.6. The van der Waals surface area contributed by atoms with Crippen molar-refractivity contribution in [3.63, 3.8) is 0 Å². The standard InChI is InChI=1S/C20H14BrNO2/c1-12-17-11-15(21)7-9-18(17)24-19(12)20(23)22-16-8-6-13-4-2-3-5-14(13)10-16/h2-11H,1H3,(H,22,23). The fourth-order valence-corrected chi connectivity index (χ4v) is 3.23. The first-order valence-corrected chi connectivity index (χ1v) is 8.40. The van der Waals surface area contributed by atoms with E-state index in [4.69, 9.17) is 4.42 Å². The number of carbonyl (C=O) groups is 1. The number of amides is 1. The number of hydrogen-bond acceptors (Lipinski definition) is 2. The van der Waals surface area contributed by atoms with Crippen molar-refractivity contribution in [2.45, 2.75) is 6.92 Å². The van der Waals surface area contributed by atoms with Gasteiger partial charge in [-0.1, -0.05) is 46.3 Å². The summed E-state index contributed by atoms with van der Waals surface area (Å²) in [6, 6.07) is 19.6. The topological polar surface area (TPSA) is 42.2 Å². The number of benzene rings is 3. The van der Waals surface area contributed by atoms with Gasteiger partial charge >= 0.3 is 0 Å². The SMILES string of the molecule is Cc1c(C(=O)Nc2ccc3ccccc3c2)oc2ccc(Br)cc12. The average Bonchev–Trinajstić information content (AvgIpc) is 2.91. The highest BCUT2D eigenvalue weighted by molar-refractivity contribution is 9.10. The van der Waals surface area contributed by atoms with Gasteiger partial charge in [-0.15, -0.1) is 0 Å². The molecule has 0 unspecified atom stereocenters. The van der Waals surface area contributed by atoms with E-state index in [9.17, 15) is 4.79 Å². The zero-order chi connectivity index (χ0) is 16.7. The Morgan fingerprint density at radius 1 is 1.00 bits per heavy atom. The Balaban J connectivity index is 1.69. The minimum Gasteiger partial charge on any atom is -0.451 e. The van der Waals surface area contributed by atoms with Crippen molar-refractivity contribution in [3.8, 4) is 0 Å². The van der Waals surface area contributed by atoms with Crippen LogP contribution in [0.15, 0.2) is 69.6 Å². The molecule has 0 spiro atoms. The highest BCUT2D eigenvalue weighted by Crippen LogP contribution is 2.29. The second-order valence-corrected chi connectivity index (χ2v) is 6.63. The van der Waals surface area contributed by atoms with Gasteiger partial charge in [-0.05, 0) is 48.0 Å². The first-order valence-electron chi connectivity index (χ1n) is 7.60. The first kappa shape index (κ1) is 15.0. The van der Waals surface area contributed by atoms with Crippen molar-refractivity contribution in [1.29, 1.82) is 0 Å². The Morgan fingerprint density at radius 2 is 1.79 bits per heavy atom. The van der Waals surface area contributed by atoms with E-state index in [0.717, 1.165) is 31.9 Å². The third kappa shape index (κ3) is 2.59. The van der Waals surface area contributed by atoms with Gasteiger partial charge in [-0.2, -0.15) is 0 Å². The number of halogens is 1. The van der Waals surface area contributed by atoms with Crippen LogP contribution >= 0.6 is 15.9 Å². The minimum absolute atomic E-state index is 0.241. The lowest BCUT2D eigenvalue weighted by molar-refractivity contribution is 0.0998. The number of carbonyl (C=O) groups excluding carboxylic acids is 1. The van der Waals surface area contributed by atoms with E-state index in [-0.39, 0.29) is 5.91 Å². The predicted molar refractivity (Wildman–Crippen MR) is 101 cm³/mol. The lowest BCUT2D eigenvalue weighted by Crippen LogP contribution is -2.12. The van der Waals surface area contributed by atoms with Crippen LogP contribution < -0.4 is 5.32 Å². The van der Waals surface area contributed by atoms with E-state index in [2.05, 4.69) is 21.2 Å². The van der Waals surface area contributed by atoms with Crippen molar-refractivity contribution >= 4 is 49.3 Å². The highest BCUT2D eigenvalue weighted by atomic mass is 79.9. The highest BCUT2D eigenvalue weighted by Gasteiger charge is 2.18. The Kier molecular flexibility index (Phi) is 3.62. The molecule has 1 aromatic heterocycles. The fourth-order valence-electron chi connectivity index (χ4n) is 2.86. The number of nitrogens with one attached hydrogen (secondary N) is 1. The van der Waals surface area contributed by atoms with Crippen LogP contribution in [0.3, 0.4) is 0 Å². The third-order valence-corrected chi connectivity index (χ3v) is 4.61. The summed E-state index contributed by atoms with van der Waals surface area (Å²) in [7, 11) is 0. The molecule has 1 N–H and O–H groups in total. The van der Waals surface area contributed by atoms with Crippen LogP contribution in [0, 0.1) is 6.92 Å². The number of fused-ring (bicyclic) bond motifs is 2. The van der Waals surface area contributed by atoms with Crippen molar-refractivity contribution in [2.75, 3.05) is 5.32 Å². The molecule has 1 heterocycles. The van der Waals surface area contributed by atoms with Gasteiger partial charge in [-0.3, -0.25) is 4.79 Å². The smallest absolute Gasteiger partial charge is 0.291 e. The molecule has 4 rings (SSSR count). The molecule has 3 nitrogen and oxygen atoms in total. The molecule has 1 amide bonds. The third-order valence-electron chi connectivity index (χ3n) is 4.11. The number of furan rings is 1. The lowest BCUT2D eigenvalue weighted by atomic mass is 10.1. The molecule has 0 aliphatic rings. The largest absolute Gasteiger partial charge is 0.451 e. The summed E-state index contributed by atoms with van der Waals surface area (Å²) < 4.78 is 6.70.